The lowest BCUT2D eigenvalue weighted by Crippen LogP contribution is -2.34. The molecule has 1 saturated heterocycles. The van der Waals surface area contributed by atoms with Gasteiger partial charge in [0.05, 0.1) is 5.92 Å². The van der Waals surface area contributed by atoms with Gasteiger partial charge in [-0.05, 0) is 39.2 Å². The van der Waals surface area contributed by atoms with Gasteiger partial charge < -0.3 is 15.1 Å². The van der Waals surface area contributed by atoms with E-state index in [9.17, 15) is 9.59 Å². The molecule has 0 unspecified atom stereocenters. The first-order valence-electron chi connectivity index (χ1n) is 7.36. The summed E-state index contributed by atoms with van der Waals surface area (Å²) in [6.45, 7) is 2.08. The van der Waals surface area contributed by atoms with E-state index >= 15 is 0 Å². The van der Waals surface area contributed by atoms with E-state index in [1.165, 1.54) is 0 Å². The maximum Gasteiger partial charge on any atom is 0.227 e. The minimum atomic E-state index is -0.239. The summed E-state index contributed by atoms with van der Waals surface area (Å²) in [5, 5.41) is 2.93. The van der Waals surface area contributed by atoms with Crippen LogP contribution in [-0.4, -0.2) is 50.4 Å². The van der Waals surface area contributed by atoms with E-state index in [2.05, 4.69) is 10.2 Å². The van der Waals surface area contributed by atoms with Crippen LogP contribution >= 0.6 is 0 Å². The molecule has 5 heteroatoms. The fraction of sp³-hybridized carbons (Fsp3) is 0.500. The number of hydrogen-bond acceptors (Lipinski definition) is 3. The molecule has 0 bridgehead atoms. The van der Waals surface area contributed by atoms with E-state index in [4.69, 9.17) is 0 Å². The average Bonchev–Trinajstić information content (AvgIpc) is 2.86. The highest BCUT2D eigenvalue weighted by Gasteiger charge is 2.34. The van der Waals surface area contributed by atoms with Crippen molar-refractivity contribution in [3.8, 4) is 0 Å². The third kappa shape index (κ3) is 4.29. The fourth-order valence-electron chi connectivity index (χ4n) is 2.49. The van der Waals surface area contributed by atoms with Crippen LogP contribution in [0, 0.1) is 5.92 Å². The quantitative estimate of drug-likeness (QED) is 0.798. The lowest BCUT2D eigenvalue weighted by molar-refractivity contribution is -0.126. The second kappa shape index (κ2) is 7.22. The molecule has 2 amide bonds. The van der Waals surface area contributed by atoms with Crippen LogP contribution in [-0.2, 0) is 9.59 Å². The molecule has 0 aromatic heterocycles. The molecule has 114 valence electrons. The van der Waals surface area contributed by atoms with Crippen molar-refractivity contribution >= 4 is 17.5 Å². The Kier molecular flexibility index (Phi) is 5.33. The molecule has 1 aliphatic heterocycles. The summed E-state index contributed by atoms with van der Waals surface area (Å²) in [5.41, 5.74) is 0.866. The smallest absolute Gasteiger partial charge is 0.227 e. The second-order valence-electron chi connectivity index (χ2n) is 5.69. The third-order valence-electron chi connectivity index (χ3n) is 3.65. The number of carbonyl (C=O) groups excluding carboxylic acids is 2. The van der Waals surface area contributed by atoms with Crippen molar-refractivity contribution < 1.29 is 9.59 Å². The summed E-state index contributed by atoms with van der Waals surface area (Å²) in [6.07, 6.45) is 1.22. The van der Waals surface area contributed by atoms with Crippen molar-refractivity contribution in [1.82, 2.24) is 10.2 Å². The predicted molar refractivity (Wildman–Crippen MR) is 83.1 cm³/mol. The van der Waals surface area contributed by atoms with E-state index in [-0.39, 0.29) is 17.7 Å². The van der Waals surface area contributed by atoms with Crippen LogP contribution in [0.15, 0.2) is 30.3 Å². The van der Waals surface area contributed by atoms with E-state index in [1.807, 2.05) is 44.4 Å². The largest absolute Gasteiger partial charge is 0.356 e. The standard InChI is InChI=1S/C16H23N3O2/c1-18(2)10-6-9-17-16(21)13-11-15(20)19(12-13)14-7-4-3-5-8-14/h3-5,7-8,13H,6,9-12H2,1-2H3,(H,17,21)/t13-/m1/s1. The molecule has 1 aromatic carbocycles. The van der Waals surface area contributed by atoms with Crippen molar-refractivity contribution in [2.45, 2.75) is 12.8 Å². The maximum atomic E-state index is 12.1. The van der Waals surface area contributed by atoms with E-state index in [1.54, 1.807) is 4.90 Å². The first-order valence-corrected chi connectivity index (χ1v) is 7.36. The fourth-order valence-corrected chi connectivity index (χ4v) is 2.49. The third-order valence-corrected chi connectivity index (χ3v) is 3.65. The van der Waals surface area contributed by atoms with Crippen LogP contribution in [0.4, 0.5) is 5.69 Å². The van der Waals surface area contributed by atoms with Gasteiger partial charge in [-0.3, -0.25) is 9.59 Å². The zero-order valence-corrected chi connectivity index (χ0v) is 12.7. The molecule has 1 N–H and O–H groups in total. The van der Waals surface area contributed by atoms with Crippen LogP contribution in [0.3, 0.4) is 0 Å². The van der Waals surface area contributed by atoms with Gasteiger partial charge in [-0.2, -0.15) is 0 Å². The molecule has 0 radical (unpaired) electrons. The average molecular weight is 289 g/mol. The zero-order chi connectivity index (χ0) is 15.2. The Morgan fingerprint density at radius 3 is 2.71 bits per heavy atom. The second-order valence-corrected chi connectivity index (χ2v) is 5.69. The molecule has 2 rings (SSSR count). The molecule has 21 heavy (non-hydrogen) atoms. The van der Waals surface area contributed by atoms with Gasteiger partial charge >= 0.3 is 0 Å². The Morgan fingerprint density at radius 2 is 2.05 bits per heavy atom. The molecule has 1 aromatic rings. The van der Waals surface area contributed by atoms with E-state index in [0.29, 0.717) is 19.5 Å². The first kappa shape index (κ1) is 15.5. The number of benzene rings is 1. The Labute approximate surface area is 125 Å². The molecular weight excluding hydrogens is 266 g/mol. The van der Waals surface area contributed by atoms with Crippen LogP contribution < -0.4 is 10.2 Å². The van der Waals surface area contributed by atoms with Crippen molar-refractivity contribution in [3.05, 3.63) is 30.3 Å². The summed E-state index contributed by atoms with van der Waals surface area (Å²) in [6, 6.07) is 9.51. The normalized spacial score (nSPS) is 18.3. The number of nitrogens with one attached hydrogen (secondary N) is 1. The number of rotatable bonds is 6. The number of anilines is 1. The van der Waals surface area contributed by atoms with Gasteiger partial charge in [0.15, 0.2) is 0 Å². The Hall–Kier alpha value is -1.88. The lowest BCUT2D eigenvalue weighted by Gasteiger charge is -2.16. The van der Waals surface area contributed by atoms with Gasteiger partial charge in [0.2, 0.25) is 11.8 Å². The zero-order valence-electron chi connectivity index (χ0n) is 12.7. The van der Waals surface area contributed by atoms with E-state index < -0.39 is 0 Å². The molecule has 1 heterocycles. The van der Waals surface area contributed by atoms with Crippen LogP contribution in [0.25, 0.3) is 0 Å². The Morgan fingerprint density at radius 1 is 1.33 bits per heavy atom. The molecule has 1 fully saturated rings. The molecule has 0 spiro atoms. The predicted octanol–water partition coefficient (Wildman–Crippen LogP) is 1.11. The molecule has 0 saturated carbocycles. The molecular formula is C16H23N3O2. The highest BCUT2D eigenvalue weighted by atomic mass is 16.2. The number of amides is 2. The minimum absolute atomic E-state index is 0.0134. The van der Waals surface area contributed by atoms with Crippen molar-refractivity contribution in [1.29, 1.82) is 0 Å². The van der Waals surface area contributed by atoms with Gasteiger partial charge in [0.1, 0.15) is 0 Å². The molecule has 5 nitrogen and oxygen atoms in total. The summed E-state index contributed by atoms with van der Waals surface area (Å²) in [4.78, 5) is 27.9. The van der Waals surface area contributed by atoms with Gasteiger partial charge in [-0.15, -0.1) is 0 Å². The van der Waals surface area contributed by atoms with Crippen molar-refractivity contribution in [3.63, 3.8) is 0 Å². The Balaban J connectivity index is 1.83. The van der Waals surface area contributed by atoms with E-state index in [0.717, 1.165) is 18.7 Å². The Bertz CT molecular complexity index is 488. The topological polar surface area (TPSA) is 52.7 Å². The number of hydrogen-bond donors (Lipinski definition) is 1. The molecule has 0 aliphatic carbocycles. The molecule has 1 aliphatic rings. The maximum absolute atomic E-state index is 12.1. The minimum Gasteiger partial charge on any atom is -0.356 e. The number of para-hydroxylation sites is 1. The summed E-state index contributed by atoms with van der Waals surface area (Å²) >= 11 is 0. The number of carbonyl (C=O) groups is 2. The molecule has 1 atom stereocenters. The SMILES string of the molecule is CN(C)CCCNC(=O)[C@@H]1CC(=O)N(c2ccccc2)C1. The summed E-state index contributed by atoms with van der Waals surface area (Å²) in [5.74, 6) is -0.229. The van der Waals surface area contributed by atoms with Gasteiger partial charge in [-0.25, -0.2) is 0 Å². The lowest BCUT2D eigenvalue weighted by atomic mass is 10.1. The summed E-state index contributed by atoms with van der Waals surface area (Å²) in [7, 11) is 4.02. The monoisotopic (exact) mass is 289 g/mol. The van der Waals surface area contributed by atoms with Crippen LogP contribution in [0.5, 0.6) is 0 Å². The van der Waals surface area contributed by atoms with Crippen molar-refractivity contribution in [2.75, 3.05) is 38.6 Å². The number of nitrogens with zero attached hydrogens (tertiary/aromatic N) is 2. The van der Waals surface area contributed by atoms with Crippen LogP contribution in [0.1, 0.15) is 12.8 Å². The first-order chi connectivity index (χ1) is 10.1. The summed E-state index contributed by atoms with van der Waals surface area (Å²) < 4.78 is 0. The highest BCUT2D eigenvalue weighted by molar-refractivity contribution is 6.00. The highest BCUT2D eigenvalue weighted by Crippen LogP contribution is 2.24. The van der Waals surface area contributed by atoms with Gasteiger partial charge in [0.25, 0.3) is 0 Å². The van der Waals surface area contributed by atoms with Crippen molar-refractivity contribution in [2.24, 2.45) is 5.92 Å². The van der Waals surface area contributed by atoms with Crippen LogP contribution in [0.2, 0.25) is 0 Å². The van der Waals surface area contributed by atoms with Gasteiger partial charge in [0, 0.05) is 25.2 Å². The van der Waals surface area contributed by atoms with Gasteiger partial charge in [-0.1, -0.05) is 18.2 Å².